The second kappa shape index (κ2) is 5.83. The summed E-state index contributed by atoms with van der Waals surface area (Å²) >= 11 is 0. The summed E-state index contributed by atoms with van der Waals surface area (Å²) in [4.78, 5) is 4.42. The molecule has 0 saturated heterocycles. The van der Waals surface area contributed by atoms with Crippen LogP contribution in [0.25, 0.3) is 0 Å². The largest absolute Gasteiger partial charge is 0.327 e. The van der Waals surface area contributed by atoms with Crippen molar-refractivity contribution in [3.8, 4) is 0 Å². The van der Waals surface area contributed by atoms with Crippen molar-refractivity contribution >= 4 is 0 Å². The van der Waals surface area contributed by atoms with Crippen molar-refractivity contribution in [3.05, 3.63) is 12.2 Å². The second-order valence-corrected chi connectivity index (χ2v) is 6.30. The third-order valence-electron chi connectivity index (χ3n) is 3.98. The lowest BCUT2D eigenvalue weighted by molar-refractivity contribution is 0.239. The van der Waals surface area contributed by atoms with Gasteiger partial charge in [-0.25, -0.2) is 9.67 Å². The monoisotopic (exact) mass is 250 g/mol. The van der Waals surface area contributed by atoms with Gasteiger partial charge in [0.2, 0.25) is 0 Å². The van der Waals surface area contributed by atoms with Crippen LogP contribution in [0, 0.1) is 17.8 Å². The lowest BCUT2D eigenvalue weighted by atomic mass is 9.77. The number of hydrogen-bond donors (Lipinski definition) is 1. The SMILES string of the molecule is CC(C)Cn1ncnc1CC1CC(C)CCC1N. The zero-order valence-electron chi connectivity index (χ0n) is 11.8. The molecule has 1 aromatic rings. The summed E-state index contributed by atoms with van der Waals surface area (Å²) in [7, 11) is 0. The normalized spacial score (nSPS) is 28.8. The minimum atomic E-state index is 0.338. The molecule has 4 nitrogen and oxygen atoms in total. The predicted octanol–water partition coefficient (Wildman–Crippen LogP) is 2.24. The second-order valence-electron chi connectivity index (χ2n) is 6.30. The molecule has 1 aromatic heterocycles. The first-order chi connectivity index (χ1) is 8.56. The zero-order valence-corrected chi connectivity index (χ0v) is 11.8. The molecule has 1 fully saturated rings. The fraction of sp³-hybridized carbons (Fsp3) is 0.857. The van der Waals surface area contributed by atoms with Crippen molar-refractivity contribution in [2.45, 2.75) is 59.0 Å². The highest BCUT2D eigenvalue weighted by Crippen LogP contribution is 2.30. The van der Waals surface area contributed by atoms with Crippen molar-refractivity contribution < 1.29 is 0 Å². The number of rotatable bonds is 4. The highest BCUT2D eigenvalue weighted by molar-refractivity contribution is 4.93. The highest BCUT2D eigenvalue weighted by Gasteiger charge is 2.27. The Morgan fingerprint density at radius 1 is 1.44 bits per heavy atom. The number of nitrogens with zero attached hydrogens (tertiary/aromatic N) is 3. The molecular formula is C14H26N4. The first kappa shape index (κ1) is 13.5. The Morgan fingerprint density at radius 2 is 2.22 bits per heavy atom. The van der Waals surface area contributed by atoms with Gasteiger partial charge in [0.25, 0.3) is 0 Å². The topological polar surface area (TPSA) is 56.7 Å². The number of aromatic nitrogens is 3. The average molecular weight is 250 g/mol. The maximum Gasteiger partial charge on any atom is 0.138 e. The van der Waals surface area contributed by atoms with Crippen LogP contribution in [-0.2, 0) is 13.0 Å². The molecule has 0 aromatic carbocycles. The minimum absolute atomic E-state index is 0.338. The summed E-state index contributed by atoms with van der Waals surface area (Å²) < 4.78 is 2.05. The van der Waals surface area contributed by atoms with Crippen LogP contribution in [0.5, 0.6) is 0 Å². The smallest absolute Gasteiger partial charge is 0.138 e. The Morgan fingerprint density at radius 3 is 2.94 bits per heavy atom. The van der Waals surface area contributed by atoms with E-state index in [-0.39, 0.29) is 0 Å². The van der Waals surface area contributed by atoms with E-state index in [1.165, 1.54) is 12.8 Å². The lowest BCUT2D eigenvalue weighted by Gasteiger charge is -2.32. The summed E-state index contributed by atoms with van der Waals surface area (Å²) in [5.74, 6) is 3.09. The highest BCUT2D eigenvalue weighted by atomic mass is 15.3. The molecule has 1 heterocycles. The number of hydrogen-bond acceptors (Lipinski definition) is 3. The lowest BCUT2D eigenvalue weighted by Crippen LogP contribution is -2.37. The average Bonchev–Trinajstić information content (AvgIpc) is 2.70. The van der Waals surface area contributed by atoms with Crippen molar-refractivity contribution in [2.75, 3.05) is 0 Å². The first-order valence-electron chi connectivity index (χ1n) is 7.18. The molecule has 0 spiro atoms. The van der Waals surface area contributed by atoms with Gasteiger partial charge in [0.15, 0.2) is 0 Å². The third-order valence-corrected chi connectivity index (χ3v) is 3.98. The molecule has 2 rings (SSSR count). The van der Waals surface area contributed by atoms with Gasteiger partial charge in [-0.15, -0.1) is 0 Å². The fourth-order valence-corrected chi connectivity index (χ4v) is 2.94. The Labute approximate surface area is 110 Å². The maximum atomic E-state index is 6.25. The van der Waals surface area contributed by atoms with Gasteiger partial charge >= 0.3 is 0 Å². The number of nitrogens with two attached hydrogens (primary N) is 1. The summed E-state index contributed by atoms with van der Waals surface area (Å²) in [6.07, 6.45) is 6.32. The van der Waals surface area contributed by atoms with Gasteiger partial charge in [-0.1, -0.05) is 20.8 Å². The van der Waals surface area contributed by atoms with E-state index in [2.05, 4.69) is 35.5 Å². The molecular weight excluding hydrogens is 224 g/mol. The van der Waals surface area contributed by atoms with Crippen LogP contribution in [0.3, 0.4) is 0 Å². The van der Waals surface area contributed by atoms with Gasteiger partial charge in [0.05, 0.1) is 0 Å². The molecule has 18 heavy (non-hydrogen) atoms. The van der Waals surface area contributed by atoms with E-state index in [4.69, 9.17) is 5.73 Å². The van der Waals surface area contributed by atoms with Crippen LogP contribution in [0.1, 0.15) is 45.9 Å². The van der Waals surface area contributed by atoms with E-state index in [9.17, 15) is 0 Å². The standard InChI is InChI=1S/C14H26N4/c1-10(2)8-18-14(16-9-17-18)7-12-6-11(3)4-5-13(12)15/h9-13H,4-8,15H2,1-3H3. The Hall–Kier alpha value is -0.900. The molecule has 4 heteroatoms. The molecule has 0 aliphatic heterocycles. The fourth-order valence-electron chi connectivity index (χ4n) is 2.94. The minimum Gasteiger partial charge on any atom is -0.327 e. The molecule has 2 N–H and O–H groups in total. The van der Waals surface area contributed by atoms with Gasteiger partial charge in [0, 0.05) is 19.0 Å². The van der Waals surface area contributed by atoms with Crippen LogP contribution in [0.2, 0.25) is 0 Å². The van der Waals surface area contributed by atoms with Crippen LogP contribution >= 0.6 is 0 Å². The van der Waals surface area contributed by atoms with Gasteiger partial charge in [-0.05, 0) is 37.0 Å². The van der Waals surface area contributed by atoms with Crippen molar-refractivity contribution in [1.82, 2.24) is 14.8 Å². The Balaban J connectivity index is 2.01. The Bertz CT molecular complexity index is 372. The van der Waals surface area contributed by atoms with Crippen LogP contribution in [-0.4, -0.2) is 20.8 Å². The first-order valence-corrected chi connectivity index (χ1v) is 7.18. The van der Waals surface area contributed by atoms with E-state index in [0.29, 0.717) is 17.9 Å². The molecule has 1 saturated carbocycles. The maximum absolute atomic E-state index is 6.25. The van der Waals surface area contributed by atoms with Crippen LogP contribution in [0.15, 0.2) is 6.33 Å². The van der Waals surface area contributed by atoms with Crippen molar-refractivity contribution in [1.29, 1.82) is 0 Å². The van der Waals surface area contributed by atoms with Gasteiger partial charge in [-0.3, -0.25) is 0 Å². The molecule has 102 valence electrons. The van der Waals surface area contributed by atoms with E-state index in [1.54, 1.807) is 6.33 Å². The predicted molar refractivity (Wildman–Crippen MR) is 73.0 cm³/mol. The Kier molecular flexibility index (Phi) is 4.38. The summed E-state index contributed by atoms with van der Waals surface area (Å²) in [6.45, 7) is 7.70. The summed E-state index contributed by atoms with van der Waals surface area (Å²) in [5.41, 5.74) is 6.25. The van der Waals surface area contributed by atoms with Crippen LogP contribution < -0.4 is 5.73 Å². The third kappa shape index (κ3) is 3.31. The van der Waals surface area contributed by atoms with Crippen molar-refractivity contribution in [3.63, 3.8) is 0 Å². The molecule has 0 amide bonds. The summed E-state index contributed by atoms with van der Waals surface area (Å²) in [6, 6.07) is 0.338. The van der Waals surface area contributed by atoms with E-state index < -0.39 is 0 Å². The summed E-state index contributed by atoms with van der Waals surface area (Å²) in [5, 5.41) is 4.33. The van der Waals surface area contributed by atoms with E-state index in [1.807, 2.05) is 0 Å². The van der Waals surface area contributed by atoms with Gasteiger partial charge < -0.3 is 5.73 Å². The molecule has 0 bridgehead atoms. The molecule has 3 unspecified atom stereocenters. The molecule has 1 aliphatic carbocycles. The van der Waals surface area contributed by atoms with Crippen LogP contribution in [0.4, 0.5) is 0 Å². The zero-order chi connectivity index (χ0) is 13.1. The van der Waals surface area contributed by atoms with E-state index >= 15 is 0 Å². The molecule has 1 aliphatic rings. The molecule has 0 radical (unpaired) electrons. The quantitative estimate of drug-likeness (QED) is 0.891. The molecule has 3 atom stereocenters. The van der Waals surface area contributed by atoms with Crippen molar-refractivity contribution in [2.24, 2.45) is 23.5 Å². The van der Waals surface area contributed by atoms with Gasteiger partial charge in [0.1, 0.15) is 12.2 Å². The van der Waals surface area contributed by atoms with E-state index in [0.717, 1.165) is 31.1 Å². The van der Waals surface area contributed by atoms with Gasteiger partial charge in [-0.2, -0.15) is 5.10 Å².